The molecule has 0 saturated carbocycles. The molecule has 16 nitrogen and oxygen atoms in total. The Balaban J connectivity index is 0.000000228. The van der Waals surface area contributed by atoms with Gasteiger partial charge in [-0.2, -0.15) is 0 Å². The van der Waals surface area contributed by atoms with Crippen LogP contribution in [0.15, 0.2) is 48.5 Å². The Hall–Kier alpha value is -4.00. The van der Waals surface area contributed by atoms with Gasteiger partial charge in [0, 0.05) is 11.8 Å². The number of hydrogen-bond acceptors (Lipinski definition) is 16. The zero-order chi connectivity index (χ0) is 43.0. The maximum atomic E-state index is 12.3. The summed E-state index contributed by atoms with van der Waals surface area (Å²) >= 11 is 0. The molecule has 0 unspecified atom stereocenters. The van der Waals surface area contributed by atoms with Gasteiger partial charge in [0.1, 0.15) is 24.4 Å². The van der Waals surface area contributed by atoms with E-state index < -0.39 is 48.3 Å². The average Bonchev–Trinajstić information content (AvgIpc) is 3.26. The van der Waals surface area contributed by atoms with E-state index in [-0.39, 0.29) is 37.0 Å². The largest absolute Gasteiger partial charge is 0.454 e. The second kappa shape index (κ2) is 23.9. The van der Waals surface area contributed by atoms with E-state index in [1.165, 1.54) is 48.5 Å². The molecule has 4 aliphatic heterocycles. The molecule has 0 amide bonds. The van der Waals surface area contributed by atoms with E-state index >= 15 is 0 Å². The van der Waals surface area contributed by atoms with Crippen molar-refractivity contribution in [2.24, 2.45) is 11.8 Å². The Bertz CT molecular complexity index is 1490. The van der Waals surface area contributed by atoms with Gasteiger partial charge >= 0.3 is 23.9 Å². The van der Waals surface area contributed by atoms with Gasteiger partial charge in [-0.3, -0.25) is 0 Å². The molecule has 16 heteroatoms. The summed E-state index contributed by atoms with van der Waals surface area (Å²) in [5.41, 5.74) is 1.35. The molecule has 2 aromatic carbocycles. The number of carbonyl (C=O) groups is 4. The number of esters is 4. The molecule has 0 radical (unpaired) electrons. The third-order valence-corrected chi connectivity index (χ3v) is 9.60. The third kappa shape index (κ3) is 14.6. The maximum Gasteiger partial charge on any atom is 0.338 e. The average molecular weight is 845 g/mol. The zero-order valence-electron chi connectivity index (χ0n) is 35.4. The summed E-state index contributed by atoms with van der Waals surface area (Å²) < 4.78 is 66.0. The van der Waals surface area contributed by atoms with Gasteiger partial charge in [0.2, 0.25) is 0 Å². The minimum atomic E-state index is -0.496. The number of carbonyl (C=O) groups excluding carboxylic acids is 4. The minimum Gasteiger partial charge on any atom is -0.454 e. The van der Waals surface area contributed by atoms with Crippen molar-refractivity contribution >= 4 is 23.9 Å². The van der Waals surface area contributed by atoms with Crippen molar-refractivity contribution in [3.8, 4) is 0 Å². The van der Waals surface area contributed by atoms with Crippen LogP contribution in [-0.4, -0.2) is 126 Å². The van der Waals surface area contributed by atoms with Gasteiger partial charge in [-0.25, -0.2) is 19.2 Å². The van der Waals surface area contributed by atoms with Gasteiger partial charge in [-0.15, -0.1) is 0 Å². The monoisotopic (exact) mass is 844 g/mol. The summed E-state index contributed by atoms with van der Waals surface area (Å²) in [7, 11) is 0. The molecule has 4 fully saturated rings. The Morgan fingerprint density at radius 1 is 0.433 bits per heavy atom. The summed E-state index contributed by atoms with van der Waals surface area (Å²) in [6.45, 7) is 14.5. The summed E-state index contributed by atoms with van der Waals surface area (Å²) in [4.78, 5) is 49.3. The minimum absolute atomic E-state index is 0.229. The highest BCUT2D eigenvalue weighted by Gasteiger charge is 2.30. The van der Waals surface area contributed by atoms with E-state index in [1.807, 2.05) is 27.7 Å². The first-order valence-corrected chi connectivity index (χ1v) is 20.9. The smallest absolute Gasteiger partial charge is 0.338 e. The van der Waals surface area contributed by atoms with Crippen molar-refractivity contribution in [3.05, 3.63) is 70.8 Å². The Kier molecular flexibility index (Phi) is 18.7. The quantitative estimate of drug-likeness (QED) is 0.162. The Morgan fingerprint density at radius 3 is 0.850 bits per heavy atom. The van der Waals surface area contributed by atoms with E-state index in [0.717, 1.165) is 25.7 Å². The molecule has 2 aromatic rings. The van der Waals surface area contributed by atoms with Crippen molar-refractivity contribution in [1.29, 1.82) is 0 Å². The zero-order valence-corrected chi connectivity index (χ0v) is 35.4. The molecule has 332 valence electrons. The van der Waals surface area contributed by atoms with Gasteiger partial charge < -0.3 is 56.8 Å². The topological polar surface area (TPSA) is 179 Å². The fraction of sp³-hybridized carbons (Fsp3) is 0.636. The predicted octanol–water partition coefficient (Wildman–Crippen LogP) is 5.88. The molecule has 6 rings (SSSR count). The van der Waals surface area contributed by atoms with Gasteiger partial charge in [-0.05, 0) is 61.4 Å². The van der Waals surface area contributed by atoms with Crippen LogP contribution in [0.5, 0.6) is 0 Å². The predicted molar refractivity (Wildman–Crippen MR) is 212 cm³/mol. The highest BCUT2D eigenvalue weighted by molar-refractivity contribution is 5.94. The van der Waals surface area contributed by atoms with Crippen LogP contribution in [0.2, 0.25) is 0 Å². The van der Waals surface area contributed by atoms with Gasteiger partial charge in [-0.1, -0.05) is 54.4 Å². The maximum absolute atomic E-state index is 12.3. The first kappa shape index (κ1) is 47.1. The second-order valence-electron chi connectivity index (χ2n) is 15.6. The standard InChI is InChI=1S/2C22H30O8/c1-13(2)21-25-9-17(10-26-21)29-19(23)15-5-7-16(8-6-15)20(24)30-18-11-27-22(14(3)4)28-12-18;1-3-5-19-25-11-17(12-26-19)29-21(23)15-7-9-16(10-8-15)22(24)30-18-13-27-20(6-4-2)28-14-18/h5-8,13-14,17-18,21-22H,9-12H2,1-4H3;7-10,17-20H,3-6,11-14H2,1-2H3. The molecular weight excluding hydrogens is 784 g/mol. The first-order chi connectivity index (χ1) is 28.9. The number of benzene rings is 2. The number of ether oxygens (including phenoxy) is 12. The normalized spacial score (nSPS) is 26.9. The van der Waals surface area contributed by atoms with Crippen molar-refractivity contribution < 1.29 is 76.0 Å². The van der Waals surface area contributed by atoms with Crippen LogP contribution in [0.4, 0.5) is 0 Å². The van der Waals surface area contributed by atoms with Crippen molar-refractivity contribution in [3.63, 3.8) is 0 Å². The molecular formula is C44H60O16. The third-order valence-electron chi connectivity index (χ3n) is 9.60. The van der Waals surface area contributed by atoms with Crippen LogP contribution >= 0.6 is 0 Å². The second-order valence-corrected chi connectivity index (χ2v) is 15.6. The van der Waals surface area contributed by atoms with Crippen molar-refractivity contribution in [1.82, 2.24) is 0 Å². The van der Waals surface area contributed by atoms with Gasteiger partial charge in [0.05, 0.1) is 75.1 Å². The summed E-state index contributed by atoms with van der Waals surface area (Å²) in [6.07, 6.45) is 0.734. The van der Waals surface area contributed by atoms with Gasteiger partial charge in [0.15, 0.2) is 25.2 Å². The lowest BCUT2D eigenvalue weighted by atomic mass is 10.1. The van der Waals surface area contributed by atoms with Crippen LogP contribution in [0.3, 0.4) is 0 Å². The SMILES string of the molecule is CC(C)C1OCC(OC(=O)c2ccc(C(=O)OC3COC(C(C)C)OC3)cc2)CO1.CCCC1OCC(OC(=O)c2ccc(C(=O)OC3COC(CCC)OC3)cc2)CO1. The van der Waals surface area contributed by atoms with Crippen LogP contribution in [0.1, 0.15) is 109 Å². The highest BCUT2D eigenvalue weighted by Crippen LogP contribution is 2.20. The molecule has 0 spiro atoms. The first-order valence-electron chi connectivity index (χ1n) is 20.9. The van der Waals surface area contributed by atoms with E-state index in [2.05, 4.69) is 13.8 Å². The van der Waals surface area contributed by atoms with Crippen LogP contribution in [-0.2, 0) is 56.8 Å². The molecule has 0 aromatic heterocycles. The number of rotatable bonds is 14. The van der Waals surface area contributed by atoms with Crippen LogP contribution in [0, 0.1) is 11.8 Å². The van der Waals surface area contributed by atoms with Crippen molar-refractivity contribution in [2.45, 2.75) is 117 Å². The van der Waals surface area contributed by atoms with Crippen LogP contribution < -0.4 is 0 Å². The molecule has 0 atom stereocenters. The molecule has 60 heavy (non-hydrogen) atoms. The summed E-state index contributed by atoms with van der Waals surface area (Å²) in [6, 6.07) is 12.3. The molecule has 4 saturated heterocycles. The van der Waals surface area contributed by atoms with E-state index in [4.69, 9.17) is 56.8 Å². The molecule has 4 aliphatic rings. The van der Waals surface area contributed by atoms with E-state index in [9.17, 15) is 19.2 Å². The van der Waals surface area contributed by atoms with Gasteiger partial charge in [0.25, 0.3) is 0 Å². The molecule has 4 heterocycles. The van der Waals surface area contributed by atoms with Crippen LogP contribution in [0.25, 0.3) is 0 Å². The Labute approximate surface area is 351 Å². The van der Waals surface area contributed by atoms with E-state index in [1.54, 1.807) is 0 Å². The lowest BCUT2D eigenvalue weighted by Gasteiger charge is -2.31. The molecule has 0 bridgehead atoms. The lowest BCUT2D eigenvalue weighted by Crippen LogP contribution is -2.40. The lowest BCUT2D eigenvalue weighted by molar-refractivity contribution is -0.232. The fourth-order valence-electron chi connectivity index (χ4n) is 6.26. The molecule has 0 N–H and O–H groups in total. The highest BCUT2D eigenvalue weighted by atomic mass is 16.7. The summed E-state index contributed by atoms with van der Waals surface area (Å²) in [5.74, 6) is -1.50. The number of hydrogen-bond donors (Lipinski definition) is 0. The fourth-order valence-corrected chi connectivity index (χ4v) is 6.26. The Morgan fingerprint density at radius 2 is 0.650 bits per heavy atom. The van der Waals surface area contributed by atoms with E-state index in [0.29, 0.717) is 75.1 Å². The molecule has 0 aliphatic carbocycles. The van der Waals surface area contributed by atoms with Crippen molar-refractivity contribution in [2.75, 3.05) is 52.9 Å². The summed E-state index contributed by atoms with van der Waals surface area (Å²) in [5, 5.41) is 0.